The molecule has 0 saturated carbocycles. The topological polar surface area (TPSA) is 53.0 Å². The summed E-state index contributed by atoms with van der Waals surface area (Å²) < 4.78 is 12.4. The van der Waals surface area contributed by atoms with Gasteiger partial charge in [0.05, 0.1) is 23.0 Å². The lowest BCUT2D eigenvalue weighted by Gasteiger charge is -2.24. The van der Waals surface area contributed by atoms with Crippen LogP contribution in [0, 0.1) is 11.3 Å². The van der Waals surface area contributed by atoms with Gasteiger partial charge in [-0.1, -0.05) is 6.92 Å². The van der Waals surface area contributed by atoms with Crippen molar-refractivity contribution in [3.05, 3.63) is 23.8 Å². The Morgan fingerprint density at radius 1 is 1.44 bits per heavy atom. The monoisotopic (exact) mass is 221 g/mol. The maximum Gasteiger partial charge on any atom is 0.107 e. The SMILES string of the molecule is CCCN(CCF)c1ccc(C#N)cc1N. The van der Waals surface area contributed by atoms with E-state index in [1.54, 1.807) is 18.2 Å². The lowest BCUT2D eigenvalue weighted by Crippen LogP contribution is -2.27. The standard InChI is InChI=1S/C12H16FN3/c1-2-6-16(7-5-13)12-4-3-10(9-14)8-11(12)15/h3-4,8H,2,5-7,15H2,1H3. The molecule has 0 radical (unpaired) electrons. The van der Waals surface area contributed by atoms with Crippen molar-refractivity contribution >= 4 is 11.4 Å². The van der Waals surface area contributed by atoms with Crippen LogP contribution in [0.3, 0.4) is 0 Å². The van der Waals surface area contributed by atoms with Gasteiger partial charge in [0.1, 0.15) is 6.67 Å². The van der Waals surface area contributed by atoms with Crippen LogP contribution in [-0.4, -0.2) is 19.8 Å². The summed E-state index contributed by atoms with van der Waals surface area (Å²) in [6.45, 7) is 2.73. The van der Waals surface area contributed by atoms with Crippen LogP contribution in [-0.2, 0) is 0 Å². The molecule has 0 aliphatic heterocycles. The van der Waals surface area contributed by atoms with Crippen LogP contribution in [0.1, 0.15) is 18.9 Å². The molecule has 16 heavy (non-hydrogen) atoms. The molecule has 0 bridgehead atoms. The molecule has 2 N–H and O–H groups in total. The first-order valence-electron chi connectivity index (χ1n) is 5.33. The first-order valence-corrected chi connectivity index (χ1v) is 5.33. The number of nitrogens with zero attached hydrogens (tertiary/aromatic N) is 2. The highest BCUT2D eigenvalue weighted by atomic mass is 19.1. The quantitative estimate of drug-likeness (QED) is 0.776. The highest BCUT2D eigenvalue weighted by Gasteiger charge is 2.09. The molecule has 86 valence electrons. The van der Waals surface area contributed by atoms with E-state index in [4.69, 9.17) is 11.0 Å². The molecule has 0 aromatic heterocycles. The molecule has 0 atom stereocenters. The second-order valence-electron chi connectivity index (χ2n) is 3.56. The molecule has 1 aromatic carbocycles. The maximum absolute atomic E-state index is 12.4. The number of anilines is 2. The van der Waals surface area contributed by atoms with Crippen molar-refractivity contribution in [2.45, 2.75) is 13.3 Å². The van der Waals surface area contributed by atoms with Crippen molar-refractivity contribution in [1.29, 1.82) is 5.26 Å². The first kappa shape index (κ1) is 12.3. The van der Waals surface area contributed by atoms with Gasteiger partial charge in [-0.25, -0.2) is 4.39 Å². The summed E-state index contributed by atoms with van der Waals surface area (Å²) >= 11 is 0. The Labute approximate surface area is 95.3 Å². The van der Waals surface area contributed by atoms with E-state index in [1.807, 2.05) is 17.9 Å². The molecule has 0 unspecified atom stereocenters. The van der Waals surface area contributed by atoms with Crippen molar-refractivity contribution in [1.82, 2.24) is 0 Å². The van der Waals surface area contributed by atoms with E-state index in [-0.39, 0.29) is 0 Å². The number of nitrogen functional groups attached to an aromatic ring is 1. The number of hydrogen-bond acceptors (Lipinski definition) is 3. The third kappa shape index (κ3) is 2.86. The largest absolute Gasteiger partial charge is 0.397 e. The molecule has 0 heterocycles. The molecular formula is C12H16FN3. The Morgan fingerprint density at radius 3 is 2.69 bits per heavy atom. The van der Waals surface area contributed by atoms with Gasteiger partial charge < -0.3 is 10.6 Å². The molecule has 0 aliphatic carbocycles. The zero-order chi connectivity index (χ0) is 12.0. The highest BCUT2D eigenvalue weighted by molar-refractivity contribution is 5.69. The first-order chi connectivity index (χ1) is 7.72. The molecule has 3 nitrogen and oxygen atoms in total. The average Bonchev–Trinajstić information content (AvgIpc) is 2.29. The predicted molar refractivity (Wildman–Crippen MR) is 64.0 cm³/mol. The Kier molecular flexibility index (Phi) is 4.59. The normalized spacial score (nSPS) is 9.81. The molecule has 0 saturated heterocycles. The minimum atomic E-state index is -0.403. The van der Waals surface area contributed by atoms with Crippen LogP contribution in [0.2, 0.25) is 0 Å². The summed E-state index contributed by atoms with van der Waals surface area (Å²) in [6, 6.07) is 7.12. The van der Waals surface area contributed by atoms with E-state index in [9.17, 15) is 4.39 Å². The number of halogens is 1. The lowest BCUT2D eigenvalue weighted by atomic mass is 10.1. The van der Waals surface area contributed by atoms with Crippen LogP contribution in [0.15, 0.2) is 18.2 Å². The van der Waals surface area contributed by atoms with Gasteiger partial charge in [0, 0.05) is 13.1 Å². The van der Waals surface area contributed by atoms with Gasteiger partial charge in [0.25, 0.3) is 0 Å². The Balaban J connectivity index is 2.96. The van der Waals surface area contributed by atoms with E-state index >= 15 is 0 Å². The number of benzene rings is 1. The van der Waals surface area contributed by atoms with Gasteiger partial charge in [0.2, 0.25) is 0 Å². The summed E-state index contributed by atoms with van der Waals surface area (Å²) in [5.74, 6) is 0. The fourth-order valence-electron chi connectivity index (χ4n) is 1.64. The molecule has 0 amide bonds. The molecule has 0 spiro atoms. The zero-order valence-corrected chi connectivity index (χ0v) is 9.41. The van der Waals surface area contributed by atoms with Crippen molar-refractivity contribution in [2.75, 3.05) is 30.4 Å². The van der Waals surface area contributed by atoms with Crippen LogP contribution in [0.25, 0.3) is 0 Å². The fraction of sp³-hybridized carbons (Fsp3) is 0.417. The summed E-state index contributed by atoms with van der Waals surface area (Å²) in [5.41, 5.74) is 7.70. The summed E-state index contributed by atoms with van der Waals surface area (Å²) in [4.78, 5) is 1.90. The molecular weight excluding hydrogens is 205 g/mol. The van der Waals surface area contributed by atoms with Crippen LogP contribution in [0.4, 0.5) is 15.8 Å². The average molecular weight is 221 g/mol. The van der Waals surface area contributed by atoms with Crippen molar-refractivity contribution in [3.63, 3.8) is 0 Å². The molecule has 4 heteroatoms. The Bertz CT molecular complexity index is 378. The Morgan fingerprint density at radius 2 is 2.19 bits per heavy atom. The summed E-state index contributed by atoms with van der Waals surface area (Å²) in [6.07, 6.45) is 0.930. The van der Waals surface area contributed by atoms with Gasteiger partial charge in [-0.05, 0) is 24.6 Å². The van der Waals surface area contributed by atoms with E-state index in [1.165, 1.54) is 0 Å². The lowest BCUT2D eigenvalue weighted by molar-refractivity contribution is 0.489. The zero-order valence-electron chi connectivity index (χ0n) is 9.41. The maximum atomic E-state index is 12.4. The number of rotatable bonds is 5. The predicted octanol–water partition coefficient (Wildman–Crippen LogP) is 2.33. The number of hydrogen-bond donors (Lipinski definition) is 1. The molecule has 0 fully saturated rings. The highest BCUT2D eigenvalue weighted by Crippen LogP contribution is 2.24. The van der Waals surface area contributed by atoms with E-state index in [0.717, 1.165) is 18.7 Å². The molecule has 1 aromatic rings. The number of alkyl halides is 1. The third-order valence-corrected chi connectivity index (χ3v) is 2.35. The van der Waals surface area contributed by atoms with Gasteiger partial charge in [-0.3, -0.25) is 0 Å². The minimum Gasteiger partial charge on any atom is -0.397 e. The molecule has 1 rings (SSSR count). The number of nitrogens with two attached hydrogens (primary N) is 1. The summed E-state index contributed by atoms with van der Waals surface area (Å²) in [5, 5.41) is 8.72. The third-order valence-electron chi connectivity index (χ3n) is 2.35. The van der Waals surface area contributed by atoms with Crippen molar-refractivity contribution in [2.24, 2.45) is 0 Å². The second-order valence-corrected chi connectivity index (χ2v) is 3.56. The summed E-state index contributed by atoms with van der Waals surface area (Å²) in [7, 11) is 0. The van der Waals surface area contributed by atoms with E-state index in [0.29, 0.717) is 17.8 Å². The van der Waals surface area contributed by atoms with Gasteiger partial charge in [-0.15, -0.1) is 0 Å². The fourth-order valence-corrected chi connectivity index (χ4v) is 1.64. The van der Waals surface area contributed by atoms with Gasteiger partial charge in [0.15, 0.2) is 0 Å². The minimum absolute atomic E-state index is 0.337. The van der Waals surface area contributed by atoms with Gasteiger partial charge in [-0.2, -0.15) is 5.26 Å². The van der Waals surface area contributed by atoms with Crippen molar-refractivity contribution < 1.29 is 4.39 Å². The van der Waals surface area contributed by atoms with Crippen LogP contribution < -0.4 is 10.6 Å². The molecule has 0 aliphatic rings. The number of nitriles is 1. The van der Waals surface area contributed by atoms with Crippen molar-refractivity contribution in [3.8, 4) is 6.07 Å². The second kappa shape index (κ2) is 5.96. The Hall–Kier alpha value is -1.76. The van der Waals surface area contributed by atoms with E-state index < -0.39 is 6.67 Å². The van der Waals surface area contributed by atoms with E-state index in [2.05, 4.69) is 0 Å². The van der Waals surface area contributed by atoms with Gasteiger partial charge >= 0.3 is 0 Å². The smallest absolute Gasteiger partial charge is 0.107 e. The van der Waals surface area contributed by atoms with Crippen LogP contribution in [0.5, 0.6) is 0 Å². The van der Waals surface area contributed by atoms with Crippen LogP contribution >= 0.6 is 0 Å².